The minimum Gasteiger partial charge on any atom is -0.480 e. The molecule has 1 heterocycles. The Morgan fingerprint density at radius 3 is 2.85 bits per heavy atom. The van der Waals surface area contributed by atoms with E-state index < -0.39 is 6.10 Å². The average Bonchev–Trinajstić information content (AvgIpc) is 3.16. The predicted octanol–water partition coefficient (Wildman–Crippen LogP) is 3.49. The van der Waals surface area contributed by atoms with Crippen LogP contribution in [-0.4, -0.2) is 25.0 Å². The summed E-state index contributed by atoms with van der Waals surface area (Å²) >= 11 is 0. The van der Waals surface area contributed by atoms with Crippen molar-refractivity contribution in [1.82, 2.24) is 5.43 Å². The van der Waals surface area contributed by atoms with Gasteiger partial charge in [0.1, 0.15) is 5.75 Å². The number of fused-ring (bicyclic) bond motifs is 2. The van der Waals surface area contributed by atoms with Crippen molar-refractivity contribution >= 4 is 22.9 Å². The van der Waals surface area contributed by atoms with Crippen LogP contribution in [0.25, 0.3) is 10.8 Å². The van der Waals surface area contributed by atoms with E-state index in [1.54, 1.807) is 25.3 Å². The van der Waals surface area contributed by atoms with Crippen molar-refractivity contribution in [3.63, 3.8) is 0 Å². The molecule has 1 aliphatic rings. The Labute approximate surface area is 156 Å². The molecular formula is C21H18N2O4. The van der Waals surface area contributed by atoms with Gasteiger partial charge in [-0.2, -0.15) is 5.10 Å². The van der Waals surface area contributed by atoms with E-state index in [-0.39, 0.29) is 12.7 Å². The largest absolute Gasteiger partial charge is 0.480 e. The third kappa shape index (κ3) is 3.69. The number of amides is 1. The van der Waals surface area contributed by atoms with Gasteiger partial charge in [-0.1, -0.05) is 36.4 Å². The Hall–Kier alpha value is -3.54. The quantitative estimate of drug-likeness (QED) is 0.557. The third-order valence-electron chi connectivity index (χ3n) is 4.21. The molecule has 6 nitrogen and oxygen atoms in total. The standard InChI is InChI=1S/C21H18N2O4/c1-14(27-18-8-4-6-16-5-2-3-7-17(16)18)21(24)23-22-12-15-9-10-19-20(11-15)26-13-25-19/h2-12,14H,13H2,1H3,(H,23,24). The van der Waals surface area contributed by atoms with Gasteiger partial charge < -0.3 is 14.2 Å². The molecule has 6 heteroatoms. The molecule has 0 fully saturated rings. The van der Waals surface area contributed by atoms with E-state index in [1.807, 2.05) is 48.5 Å². The number of benzene rings is 3. The van der Waals surface area contributed by atoms with Gasteiger partial charge in [0.05, 0.1) is 6.21 Å². The Bertz CT molecular complexity index is 1010. The molecule has 1 unspecified atom stereocenters. The zero-order chi connectivity index (χ0) is 18.6. The predicted molar refractivity (Wildman–Crippen MR) is 102 cm³/mol. The number of nitrogens with one attached hydrogen (secondary N) is 1. The molecule has 0 spiro atoms. The molecule has 1 atom stereocenters. The molecule has 0 bridgehead atoms. The van der Waals surface area contributed by atoms with Gasteiger partial charge in [-0.15, -0.1) is 0 Å². The maximum absolute atomic E-state index is 12.3. The highest BCUT2D eigenvalue weighted by Crippen LogP contribution is 2.32. The fourth-order valence-electron chi connectivity index (χ4n) is 2.80. The number of hydrogen-bond donors (Lipinski definition) is 1. The van der Waals surface area contributed by atoms with Crippen LogP contribution in [0, 0.1) is 0 Å². The van der Waals surface area contributed by atoms with Gasteiger partial charge in [0, 0.05) is 5.39 Å². The summed E-state index contributed by atoms with van der Waals surface area (Å²) in [6, 6.07) is 19.1. The maximum Gasteiger partial charge on any atom is 0.280 e. The first kappa shape index (κ1) is 16.9. The van der Waals surface area contributed by atoms with Crippen molar-refractivity contribution in [3.8, 4) is 17.2 Å². The molecule has 3 aromatic carbocycles. The average molecular weight is 362 g/mol. The van der Waals surface area contributed by atoms with E-state index in [0.29, 0.717) is 17.2 Å². The Morgan fingerprint density at radius 1 is 1.11 bits per heavy atom. The van der Waals surface area contributed by atoms with Crippen LogP contribution in [-0.2, 0) is 4.79 Å². The lowest BCUT2D eigenvalue weighted by Gasteiger charge is -2.14. The number of carbonyl (C=O) groups is 1. The summed E-state index contributed by atoms with van der Waals surface area (Å²) in [7, 11) is 0. The molecule has 0 saturated heterocycles. The zero-order valence-electron chi connectivity index (χ0n) is 14.7. The van der Waals surface area contributed by atoms with E-state index in [0.717, 1.165) is 16.3 Å². The van der Waals surface area contributed by atoms with Crippen molar-refractivity contribution in [2.24, 2.45) is 5.10 Å². The van der Waals surface area contributed by atoms with Crippen LogP contribution >= 0.6 is 0 Å². The molecule has 0 saturated carbocycles. The van der Waals surface area contributed by atoms with Gasteiger partial charge in [0.2, 0.25) is 6.79 Å². The first-order chi connectivity index (χ1) is 13.2. The van der Waals surface area contributed by atoms with Crippen molar-refractivity contribution in [1.29, 1.82) is 0 Å². The van der Waals surface area contributed by atoms with Gasteiger partial charge in [-0.05, 0) is 42.1 Å². The number of nitrogens with zero attached hydrogens (tertiary/aromatic N) is 1. The SMILES string of the molecule is CC(Oc1cccc2ccccc12)C(=O)NN=Cc1ccc2c(c1)OCO2. The summed E-state index contributed by atoms with van der Waals surface area (Å²) in [6.45, 7) is 1.91. The van der Waals surface area contributed by atoms with Crippen LogP contribution in [0.15, 0.2) is 65.8 Å². The van der Waals surface area contributed by atoms with Crippen LogP contribution in [0.1, 0.15) is 12.5 Å². The van der Waals surface area contributed by atoms with Crippen molar-refractivity contribution in [3.05, 3.63) is 66.2 Å². The van der Waals surface area contributed by atoms with Gasteiger partial charge in [0.25, 0.3) is 5.91 Å². The van der Waals surface area contributed by atoms with Crippen LogP contribution in [0.3, 0.4) is 0 Å². The summed E-state index contributed by atoms with van der Waals surface area (Å²) in [6.07, 6.45) is 0.856. The smallest absolute Gasteiger partial charge is 0.280 e. The van der Waals surface area contributed by atoms with Crippen LogP contribution in [0.5, 0.6) is 17.2 Å². The van der Waals surface area contributed by atoms with Crippen molar-refractivity contribution in [2.45, 2.75) is 13.0 Å². The second-order valence-electron chi connectivity index (χ2n) is 6.08. The third-order valence-corrected chi connectivity index (χ3v) is 4.21. The van der Waals surface area contributed by atoms with E-state index >= 15 is 0 Å². The number of hydrogen-bond acceptors (Lipinski definition) is 5. The lowest BCUT2D eigenvalue weighted by molar-refractivity contribution is -0.127. The normalized spacial score (nSPS) is 13.7. The number of rotatable bonds is 5. The zero-order valence-corrected chi connectivity index (χ0v) is 14.7. The lowest BCUT2D eigenvalue weighted by Crippen LogP contribution is -2.33. The molecule has 1 aliphatic heterocycles. The Kier molecular flexibility index (Phi) is 4.61. The summed E-state index contributed by atoms with van der Waals surface area (Å²) < 4.78 is 16.4. The highest BCUT2D eigenvalue weighted by atomic mass is 16.7. The van der Waals surface area contributed by atoms with E-state index in [4.69, 9.17) is 14.2 Å². The fourth-order valence-corrected chi connectivity index (χ4v) is 2.80. The molecule has 3 aromatic rings. The second-order valence-corrected chi connectivity index (χ2v) is 6.08. The molecule has 0 aromatic heterocycles. The minimum atomic E-state index is -0.690. The minimum absolute atomic E-state index is 0.218. The first-order valence-corrected chi connectivity index (χ1v) is 8.58. The molecule has 4 rings (SSSR count). The number of carbonyl (C=O) groups excluding carboxylic acids is 1. The van der Waals surface area contributed by atoms with Crippen LogP contribution in [0.2, 0.25) is 0 Å². The number of hydrazone groups is 1. The van der Waals surface area contributed by atoms with Gasteiger partial charge >= 0.3 is 0 Å². The van der Waals surface area contributed by atoms with Crippen LogP contribution < -0.4 is 19.6 Å². The summed E-state index contributed by atoms with van der Waals surface area (Å²) in [5.74, 6) is 1.70. The molecule has 0 aliphatic carbocycles. The van der Waals surface area contributed by atoms with Gasteiger partial charge in [-0.3, -0.25) is 4.79 Å². The molecule has 1 amide bonds. The highest BCUT2D eigenvalue weighted by molar-refractivity contribution is 5.89. The second kappa shape index (κ2) is 7.37. The molecule has 136 valence electrons. The van der Waals surface area contributed by atoms with Crippen LogP contribution in [0.4, 0.5) is 0 Å². The highest BCUT2D eigenvalue weighted by Gasteiger charge is 2.15. The van der Waals surface area contributed by atoms with Gasteiger partial charge in [0.15, 0.2) is 17.6 Å². The van der Waals surface area contributed by atoms with E-state index in [1.165, 1.54) is 0 Å². The summed E-state index contributed by atoms with van der Waals surface area (Å²) in [5, 5.41) is 6.01. The molecular weight excluding hydrogens is 344 g/mol. The first-order valence-electron chi connectivity index (χ1n) is 8.58. The Balaban J connectivity index is 1.39. The van der Waals surface area contributed by atoms with Crippen molar-refractivity contribution < 1.29 is 19.0 Å². The summed E-state index contributed by atoms with van der Waals surface area (Å²) in [4.78, 5) is 12.3. The maximum atomic E-state index is 12.3. The van der Waals surface area contributed by atoms with E-state index in [2.05, 4.69) is 10.5 Å². The topological polar surface area (TPSA) is 69.2 Å². The Morgan fingerprint density at radius 2 is 1.93 bits per heavy atom. The monoisotopic (exact) mass is 362 g/mol. The summed E-state index contributed by atoms with van der Waals surface area (Å²) in [5.41, 5.74) is 3.29. The van der Waals surface area contributed by atoms with Crippen molar-refractivity contribution in [2.75, 3.05) is 6.79 Å². The van der Waals surface area contributed by atoms with E-state index in [9.17, 15) is 4.79 Å². The fraction of sp³-hybridized carbons (Fsp3) is 0.143. The number of ether oxygens (including phenoxy) is 3. The molecule has 1 N–H and O–H groups in total. The van der Waals surface area contributed by atoms with Gasteiger partial charge in [-0.25, -0.2) is 5.43 Å². The lowest BCUT2D eigenvalue weighted by atomic mass is 10.1. The molecule has 27 heavy (non-hydrogen) atoms. The molecule has 0 radical (unpaired) electrons.